The molecule has 1 atom stereocenters. The van der Waals surface area contributed by atoms with Crippen LogP contribution in [0.2, 0.25) is 0 Å². The highest BCUT2D eigenvalue weighted by atomic mass is 16.6. The van der Waals surface area contributed by atoms with Crippen LogP contribution in [0.4, 0.5) is 0 Å². The lowest BCUT2D eigenvalue weighted by Crippen LogP contribution is -2.24. The van der Waals surface area contributed by atoms with E-state index in [1.807, 2.05) is 33.8 Å². The van der Waals surface area contributed by atoms with Crippen molar-refractivity contribution in [2.24, 2.45) is 0 Å². The Balaban J connectivity index is 3.01. The van der Waals surface area contributed by atoms with Crippen LogP contribution in [-0.2, 0) is 4.74 Å². The Morgan fingerprint density at radius 1 is 1.35 bits per heavy atom. The number of benzene rings is 1. The normalized spacial score (nSPS) is 13.2. The van der Waals surface area contributed by atoms with E-state index < -0.39 is 11.7 Å². The first-order valence-electron chi connectivity index (χ1n) is 5.85. The molecule has 0 spiro atoms. The van der Waals surface area contributed by atoms with Crippen LogP contribution in [-0.4, -0.2) is 16.7 Å². The zero-order valence-electron chi connectivity index (χ0n) is 10.9. The second-order valence-electron chi connectivity index (χ2n) is 5.01. The van der Waals surface area contributed by atoms with Crippen molar-refractivity contribution in [3.8, 4) is 0 Å². The standard InChI is InChI=1S/C14H20O3/c1-5-12(15)10-8-6-7-9-11(10)13(16)17-14(2,3)4/h6-9,12,15H,5H2,1-4H3. The average molecular weight is 236 g/mol. The van der Waals surface area contributed by atoms with Crippen molar-refractivity contribution in [3.63, 3.8) is 0 Å². The molecule has 1 aromatic carbocycles. The topological polar surface area (TPSA) is 46.5 Å². The molecule has 1 rings (SSSR count). The molecule has 1 N–H and O–H groups in total. The minimum atomic E-state index is -0.626. The number of rotatable bonds is 3. The van der Waals surface area contributed by atoms with E-state index >= 15 is 0 Å². The van der Waals surface area contributed by atoms with Gasteiger partial charge in [0.25, 0.3) is 0 Å². The molecule has 0 saturated heterocycles. The van der Waals surface area contributed by atoms with Crippen molar-refractivity contribution in [1.29, 1.82) is 0 Å². The highest BCUT2D eigenvalue weighted by molar-refractivity contribution is 5.91. The van der Waals surface area contributed by atoms with Gasteiger partial charge in [-0.3, -0.25) is 0 Å². The SMILES string of the molecule is CCC(O)c1ccccc1C(=O)OC(C)(C)C. The van der Waals surface area contributed by atoms with Crippen LogP contribution in [0.5, 0.6) is 0 Å². The summed E-state index contributed by atoms with van der Waals surface area (Å²) in [4.78, 5) is 12.0. The Morgan fingerprint density at radius 3 is 2.47 bits per heavy atom. The molecule has 3 heteroatoms. The van der Waals surface area contributed by atoms with E-state index in [1.54, 1.807) is 18.2 Å². The summed E-state index contributed by atoms with van der Waals surface area (Å²) in [5.41, 5.74) is 0.544. The lowest BCUT2D eigenvalue weighted by molar-refractivity contribution is 0.00639. The minimum Gasteiger partial charge on any atom is -0.456 e. The van der Waals surface area contributed by atoms with Crippen molar-refractivity contribution in [2.45, 2.75) is 45.8 Å². The number of carbonyl (C=O) groups is 1. The van der Waals surface area contributed by atoms with Gasteiger partial charge in [-0.05, 0) is 38.8 Å². The van der Waals surface area contributed by atoms with E-state index in [0.717, 1.165) is 0 Å². The van der Waals surface area contributed by atoms with Crippen molar-refractivity contribution < 1.29 is 14.6 Å². The van der Waals surface area contributed by atoms with Crippen LogP contribution < -0.4 is 0 Å². The molecule has 94 valence electrons. The third kappa shape index (κ3) is 3.86. The van der Waals surface area contributed by atoms with Gasteiger partial charge in [0.1, 0.15) is 5.60 Å². The van der Waals surface area contributed by atoms with Gasteiger partial charge in [0.05, 0.1) is 11.7 Å². The molecular formula is C14H20O3. The molecule has 0 aliphatic heterocycles. The lowest BCUT2D eigenvalue weighted by Gasteiger charge is -2.21. The summed E-state index contributed by atoms with van der Waals surface area (Å²) >= 11 is 0. The van der Waals surface area contributed by atoms with Crippen LogP contribution >= 0.6 is 0 Å². The van der Waals surface area contributed by atoms with Gasteiger partial charge in [0.2, 0.25) is 0 Å². The fourth-order valence-electron chi connectivity index (χ4n) is 1.53. The number of hydrogen-bond donors (Lipinski definition) is 1. The first kappa shape index (κ1) is 13.7. The second-order valence-corrected chi connectivity index (χ2v) is 5.01. The molecule has 1 unspecified atom stereocenters. The average Bonchev–Trinajstić information content (AvgIpc) is 2.25. The molecule has 0 radical (unpaired) electrons. The van der Waals surface area contributed by atoms with E-state index in [-0.39, 0.29) is 5.97 Å². The maximum atomic E-state index is 12.0. The molecule has 0 amide bonds. The molecule has 0 aromatic heterocycles. The molecule has 0 aliphatic carbocycles. The molecule has 0 aliphatic rings. The zero-order chi connectivity index (χ0) is 13.1. The van der Waals surface area contributed by atoms with Crippen LogP contribution in [0.3, 0.4) is 0 Å². The number of aliphatic hydroxyl groups is 1. The molecule has 0 heterocycles. The third-order valence-corrected chi connectivity index (χ3v) is 2.33. The van der Waals surface area contributed by atoms with Gasteiger partial charge >= 0.3 is 5.97 Å². The molecule has 0 saturated carbocycles. The van der Waals surface area contributed by atoms with Gasteiger partial charge in [-0.15, -0.1) is 0 Å². The van der Waals surface area contributed by atoms with E-state index in [9.17, 15) is 9.90 Å². The molecule has 0 fully saturated rings. The monoisotopic (exact) mass is 236 g/mol. The van der Waals surface area contributed by atoms with Crippen LogP contribution in [0.25, 0.3) is 0 Å². The molecule has 17 heavy (non-hydrogen) atoms. The van der Waals surface area contributed by atoms with Crippen LogP contribution in [0, 0.1) is 0 Å². The summed E-state index contributed by atoms with van der Waals surface area (Å²) in [7, 11) is 0. The van der Waals surface area contributed by atoms with Gasteiger partial charge in [0, 0.05) is 0 Å². The van der Waals surface area contributed by atoms with Gasteiger partial charge < -0.3 is 9.84 Å². The summed E-state index contributed by atoms with van der Waals surface area (Å²) in [5.74, 6) is -0.388. The van der Waals surface area contributed by atoms with E-state index in [0.29, 0.717) is 17.5 Å². The van der Waals surface area contributed by atoms with Gasteiger partial charge in [-0.25, -0.2) is 4.79 Å². The van der Waals surface area contributed by atoms with Crippen molar-refractivity contribution in [1.82, 2.24) is 0 Å². The zero-order valence-corrected chi connectivity index (χ0v) is 10.9. The summed E-state index contributed by atoms with van der Waals surface area (Å²) < 4.78 is 5.31. The van der Waals surface area contributed by atoms with E-state index in [2.05, 4.69) is 0 Å². The second kappa shape index (κ2) is 5.32. The van der Waals surface area contributed by atoms with E-state index in [1.165, 1.54) is 0 Å². The summed E-state index contributed by atoms with van der Waals surface area (Å²) in [6.45, 7) is 7.34. The Bertz CT molecular complexity index is 391. The Kier molecular flexibility index (Phi) is 4.29. The number of aliphatic hydroxyl groups excluding tert-OH is 1. The minimum absolute atomic E-state index is 0.388. The fourth-order valence-corrected chi connectivity index (χ4v) is 1.53. The maximum Gasteiger partial charge on any atom is 0.339 e. The first-order valence-corrected chi connectivity index (χ1v) is 5.85. The molecular weight excluding hydrogens is 216 g/mol. The maximum absolute atomic E-state index is 12.0. The van der Waals surface area contributed by atoms with Crippen molar-refractivity contribution in [3.05, 3.63) is 35.4 Å². The molecule has 0 bridgehead atoms. The highest BCUT2D eigenvalue weighted by Gasteiger charge is 2.21. The number of hydrogen-bond acceptors (Lipinski definition) is 3. The van der Waals surface area contributed by atoms with Crippen LogP contribution in [0.15, 0.2) is 24.3 Å². The fraction of sp³-hybridized carbons (Fsp3) is 0.500. The smallest absolute Gasteiger partial charge is 0.339 e. The van der Waals surface area contributed by atoms with E-state index in [4.69, 9.17) is 4.74 Å². The number of esters is 1. The lowest BCUT2D eigenvalue weighted by atomic mass is 10.0. The van der Waals surface area contributed by atoms with Crippen LogP contribution in [0.1, 0.15) is 56.1 Å². The first-order chi connectivity index (χ1) is 7.85. The highest BCUT2D eigenvalue weighted by Crippen LogP contribution is 2.22. The number of ether oxygens (including phenoxy) is 1. The quantitative estimate of drug-likeness (QED) is 0.820. The summed E-state index contributed by atoms with van der Waals surface area (Å²) in [6, 6.07) is 7.02. The van der Waals surface area contributed by atoms with Gasteiger partial charge in [-0.2, -0.15) is 0 Å². The van der Waals surface area contributed by atoms with Crippen molar-refractivity contribution in [2.75, 3.05) is 0 Å². The summed E-state index contributed by atoms with van der Waals surface area (Å²) in [5, 5.41) is 9.85. The van der Waals surface area contributed by atoms with Crippen molar-refractivity contribution >= 4 is 5.97 Å². The predicted molar refractivity (Wildman–Crippen MR) is 66.9 cm³/mol. The summed E-state index contributed by atoms with van der Waals surface area (Å²) in [6.07, 6.45) is -0.0569. The molecule has 3 nitrogen and oxygen atoms in total. The predicted octanol–water partition coefficient (Wildman–Crippen LogP) is 3.09. The van der Waals surface area contributed by atoms with Gasteiger partial charge in [-0.1, -0.05) is 25.1 Å². The molecule has 1 aromatic rings. The Morgan fingerprint density at radius 2 is 1.94 bits per heavy atom. The van der Waals surface area contributed by atoms with Gasteiger partial charge in [0.15, 0.2) is 0 Å². The Hall–Kier alpha value is -1.35. The Labute approximate surface area is 102 Å². The third-order valence-electron chi connectivity index (χ3n) is 2.33. The number of carbonyl (C=O) groups excluding carboxylic acids is 1. The largest absolute Gasteiger partial charge is 0.456 e.